The number of hydrogen-bond donors (Lipinski definition) is 0. The van der Waals surface area contributed by atoms with Gasteiger partial charge in [0.15, 0.2) is 5.58 Å². The third-order valence-corrected chi connectivity index (χ3v) is 11.2. The van der Waals surface area contributed by atoms with Gasteiger partial charge in [0.25, 0.3) is 0 Å². The second-order valence-corrected chi connectivity index (χ2v) is 14.6. The van der Waals surface area contributed by atoms with Crippen LogP contribution in [0.1, 0.15) is 49.9 Å². The Morgan fingerprint density at radius 2 is 0.958 bits per heavy atom. The van der Waals surface area contributed by atoms with Gasteiger partial charge >= 0.3 is 0 Å². The molecule has 1 aromatic heterocycles. The van der Waals surface area contributed by atoms with E-state index in [1.807, 2.05) is 0 Å². The standard InChI is InChI=1S/C46H35NO/c1-45(2)37-18-10-7-15-32(37)34-23-21-29(26-39(34)45)47(30-22-24-35-33-16-8-11-19-38(33)46(3,4)40(35)27-30)41-25-28-13-5-6-14-31(28)43-36-17-9-12-20-42(36)48-44(41)43/h5-27H,1-4H3. The predicted molar refractivity (Wildman–Crippen MR) is 201 cm³/mol. The van der Waals surface area contributed by atoms with E-state index in [2.05, 4.69) is 172 Å². The topological polar surface area (TPSA) is 16.4 Å². The van der Waals surface area contributed by atoms with E-state index in [1.165, 1.54) is 55.3 Å². The molecule has 0 fully saturated rings. The molecule has 0 atom stereocenters. The summed E-state index contributed by atoms with van der Waals surface area (Å²) >= 11 is 0. The molecule has 230 valence electrons. The minimum Gasteiger partial charge on any atom is -0.454 e. The molecule has 2 aliphatic rings. The largest absolute Gasteiger partial charge is 0.454 e. The first-order valence-corrected chi connectivity index (χ1v) is 16.9. The Balaban J connectivity index is 1.28. The van der Waals surface area contributed by atoms with Crippen LogP contribution in [0.3, 0.4) is 0 Å². The highest BCUT2D eigenvalue weighted by Gasteiger charge is 2.38. The van der Waals surface area contributed by atoms with E-state index >= 15 is 0 Å². The Labute approximate surface area is 280 Å². The highest BCUT2D eigenvalue weighted by atomic mass is 16.3. The summed E-state index contributed by atoms with van der Waals surface area (Å²) < 4.78 is 6.84. The first-order valence-electron chi connectivity index (χ1n) is 16.9. The lowest BCUT2D eigenvalue weighted by Gasteiger charge is -2.30. The third kappa shape index (κ3) is 3.58. The van der Waals surface area contributed by atoms with Crippen molar-refractivity contribution in [3.05, 3.63) is 162 Å². The second-order valence-electron chi connectivity index (χ2n) is 14.6. The fraction of sp³-hybridized carbons (Fsp3) is 0.130. The molecule has 0 radical (unpaired) electrons. The summed E-state index contributed by atoms with van der Waals surface area (Å²) in [6, 6.07) is 51.3. The number of nitrogens with zero attached hydrogens (tertiary/aromatic N) is 1. The smallest absolute Gasteiger partial charge is 0.160 e. The Bertz CT molecular complexity index is 2530. The minimum atomic E-state index is -0.118. The van der Waals surface area contributed by atoms with Gasteiger partial charge in [-0.3, -0.25) is 0 Å². The maximum atomic E-state index is 6.84. The molecule has 10 rings (SSSR count). The van der Waals surface area contributed by atoms with Crippen molar-refractivity contribution in [2.45, 2.75) is 38.5 Å². The molecule has 48 heavy (non-hydrogen) atoms. The van der Waals surface area contributed by atoms with Crippen LogP contribution >= 0.6 is 0 Å². The zero-order chi connectivity index (χ0) is 32.4. The summed E-state index contributed by atoms with van der Waals surface area (Å²) in [5.74, 6) is 0. The maximum Gasteiger partial charge on any atom is 0.160 e. The van der Waals surface area contributed by atoms with Crippen molar-refractivity contribution in [1.29, 1.82) is 0 Å². The molecule has 0 N–H and O–H groups in total. The molecule has 7 aromatic carbocycles. The van der Waals surface area contributed by atoms with Crippen LogP contribution in [0.25, 0.3) is 55.0 Å². The molecule has 0 bridgehead atoms. The quantitative estimate of drug-likeness (QED) is 0.196. The van der Waals surface area contributed by atoms with Gasteiger partial charge in [-0.15, -0.1) is 0 Å². The van der Waals surface area contributed by atoms with Gasteiger partial charge in [-0.2, -0.15) is 0 Å². The molecule has 2 aliphatic carbocycles. The normalized spacial score (nSPS) is 15.0. The van der Waals surface area contributed by atoms with Gasteiger partial charge in [-0.05, 0) is 91.7 Å². The molecule has 0 aliphatic heterocycles. The molecule has 0 spiro atoms. The molecule has 0 amide bonds. The van der Waals surface area contributed by atoms with Crippen LogP contribution in [-0.2, 0) is 10.8 Å². The van der Waals surface area contributed by atoms with Crippen molar-refractivity contribution in [1.82, 2.24) is 0 Å². The predicted octanol–water partition coefficient (Wildman–Crippen LogP) is 12.8. The monoisotopic (exact) mass is 617 g/mol. The van der Waals surface area contributed by atoms with Gasteiger partial charge in [0.1, 0.15) is 5.58 Å². The van der Waals surface area contributed by atoms with Crippen LogP contribution < -0.4 is 4.90 Å². The van der Waals surface area contributed by atoms with Crippen molar-refractivity contribution < 1.29 is 4.42 Å². The molecule has 2 nitrogen and oxygen atoms in total. The lowest BCUT2D eigenvalue weighted by Crippen LogP contribution is -2.18. The van der Waals surface area contributed by atoms with Crippen molar-refractivity contribution in [2.24, 2.45) is 0 Å². The van der Waals surface area contributed by atoms with Crippen LogP contribution in [0.15, 0.2) is 144 Å². The van der Waals surface area contributed by atoms with E-state index in [-0.39, 0.29) is 10.8 Å². The molecule has 2 heteroatoms. The zero-order valence-corrected chi connectivity index (χ0v) is 27.6. The SMILES string of the molecule is CC1(C)c2ccccc2-c2ccc(N(c3ccc4c(c3)C(C)(C)c3ccccc3-4)c3cc4ccccc4c4c3oc3ccccc34)cc21. The van der Waals surface area contributed by atoms with Gasteiger partial charge in [0.2, 0.25) is 0 Å². The van der Waals surface area contributed by atoms with E-state index < -0.39 is 0 Å². The second kappa shape index (κ2) is 9.49. The van der Waals surface area contributed by atoms with Gasteiger partial charge < -0.3 is 9.32 Å². The Hall–Kier alpha value is -5.60. The Morgan fingerprint density at radius 1 is 0.458 bits per heavy atom. The summed E-state index contributed by atoms with van der Waals surface area (Å²) in [7, 11) is 0. The maximum absolute atomic E-state index is 6.84. The number of anilines is 3. The van der Waals surface area contributed by atoms with E-state index in [9.17, 15) is 0 Å². The number of rotatable bonds is 3. The van der Waals surface area contributed by atoms with Crippen molar-refractivity contribution in [3.8, 4) is 22.3 Å². The van der Waals surface area contributed by atoms with Crippen LogP contribution in [0, 0.1) is 0 Å². The summed E-state index contributed by atoms with van der Waals surface area (Å²) in [5.41, 5.74) is 15.6. The lowest BCUT2D eigenvalue weighted by atomic mass is 9.82. The molecule has 1 heterocycles. The summed E-state index contributed by atoms with van der Waals surface area (Å²) in [6.45, 7) is 9.42. The fourth-order valence-electron chi connectivity index (χ4n) is 8.81. The summed E-state index contributed by atoms with van der Waals surface area (Å²) in [4.78, 5) is 2.44. The highest BCUT2D eigenvalue weighted by Crippen LogP contribution is 2.54. The first kappa shape index (κ1) is 27.5. The number of benzene rings is 7. The Morgan fingerprint density at radius 3 is 1.58 bits per heavy atom. The summed E-state index contributed by atoms with van der Waals surface area (Å²) in [6.07, 6.45) is 0. The average Bonchev–Trinajstić information content (AvgIpc) is 3.69. The van der Waals surface area contributed by atoms with E-state index in [0.717, 1.165) is 39.0 Å². The Kier molecular flexibility index (Phi) is 5.44. The van der Waals surface area contributed by atoms with Crippen LogP contribution in [0.4, 0.5) is 17.1 Å². The molecular weight excluding hydrogens is 583 g/mol. The van der Waals surface area contributed by atoms with Crippen molar-refractivity contribution in [2.75, 3.05) is 4.90 Å². The van der Waals surface area contributed by atoms with Gasteiger partial charge in [-0.25, -0.2) is 0 Å². The van der Waals surface area contributed by atoms with E-state index in [0.29, 0.717) is 0 Å². The fourth-order valence-corrected chi connectivity index (χ4v) is 8.81. The van der Waals surface area contributed by atoms with Crippen molar-refractivity contribution >= 4 is 49.8 Å². The van der Waals surface area contributed by atoms with Crippen molar-refractivity contribution in [3.63, 3.8) is 0 Å². The zero-order valence-electron chi connectivity index (χ0n) is 27.6. The highest BCUT2D eigenvalue weighted by molar-refractivity contribution is 6.23. The van der Waals surface area contributed by atoms with Crippen LogP contribution in [-0.4, -0.2) is 0 Å². The average molecular weight is 618 g/mol. The molecule has 0 unspecified atom stereocenters. The summed E-state index contributed by atoms with van der Waals surface area (Å²) in [5, 5.41) is 4.70. The van der Waals surface area contributed by atoms with Gasteiger partial charge in [0, 0.05) is 33.0 Å². The number of para-hydroxylation sites is 1. The van der Waals surface area contributed by atoms with Gasteiger partial charge in [-0.1, -0.05) is 131 Å². The minimum absolute atomic E-state index is 0.118. The third-order valence-electron chi connectivity index (χ3n) is 11.2. The first-order chi connectivity index (χ1) is 23.3. The van der Waals surface area contributed by atoms with Crippen LogP contribution in [0.5, 0.6) is 0 Å². The van der Waals surface area contributed by atoms with Crippen LogP contribution in [0.2, 0.25) is 0 Å². The number of fused-ring (bicyclic) bond motifs is 11. The number of furan rings is 1. The molecule has 0 saturated carbocycles. The molecule has 0 saturated heterocycles. The van der Waals surface area contributed by atoms with E-state index in [1.54, 1.807) is 0 Å². The molecular formula is C46H35NO. The number of hydrogen-bond acceptors (Lipinski definition) is 2. The molecule has 8 aromatic rings. The van der Waals surface area contributed by atoms with E-state index in [4.69, 9.17) is 4.42 Å². The lowest BCUT2D eigenvalue weighted by molar-refractivity contribution is 0.659. The van der Waals surface area contributed by atoms with Gasteiger partial charge in [0.05, 0.1) is 5.69 Å².